The predicted molar refractivity (Wildman–Crippen MR) is 103 cm³/mol. The van der Waals surface area contributed by atoms with Crippen LogP contribution in [0, 0.1) is 0 Å². The van der Waals surface area contributed by atoms with Crippen LogP contribution in [-0.4, -0.2) is 73.7 Å². The summed E-state index contributed by atoms with van der Waals surface area (Å²) < 4.78 is 10.9. The van der Waals surface area contributed by atoms with E-state index in [1.807, 2.05) is 0 Å². The van der Waals surface area contributed by atoms with E-state index in [2.05, 4.69) is 0 Å². The van der Waals surface area contributed by atoms with Gasteiger partial charge in [0.05, 0.1) is 12.2 Å². The second kappa shape index (κ2) is 9.41. The van der Waals surface area contributed by atoms with Crippen molar-refractivity contribution in [2.75, 3.05) is 6.61 Å². The summed E-state index contributed by atoms with van der Waals surface area (Å²) in [5.74, 6) is -0.443. The summed E-state index contributed by atoms with van der Waals surface area (Å²) in [6, 6.07) is 10.3. The quantitative estimate of drug-likeness (QED) is 0.342. The molecular formula is C21H24O9. The third-order valence-electron chi connectivity index (χ3n) is 4.93. The molecule has 3 rings (SSSR count). The van der Waals surface area contributed by atoms with E-state index in [4.69, 9.17) is 9.47 Å². The summed E-state index contributed by atoms with van der Waals surface area (Å²) in [6.07, 6.45) is -6.96. The van der Waals surface area contributed by atoms with Crippen LogP contribution in [0.3, 0.4) is 0 Å². The molecule has 0 unspecified atom stereocenters. The van der Waals surface area contributed by atoms with E-state index in [9.17, 15) is 35.4 Å². The maximum Gasteiger partial charge on any atom is 0.229 e. The van der Waals surface area contributed by atoms with Crippen molar-refractivity contribution in [1.29, 1.82) is 0 Å². The molecule has 0 spiro atoms. The molecule has 6 N–H and O–H groups in total. The van der Waals surface area contributed by atoms with Crippen LogP contribution >= 0.6 is 0 Å². The van der Waals surface area contributed by atoms with Crippen molar-refractivity contribution in [3.63, 3.8) is 0 Å². The molecule has 0 saturated carbocycles. The summed E-state index contributed by atoms with van der Waals surface area (Å²) >= 11 is 0. The van der Waals surface area contributed by atoms with Crippen molar-refractivity contribution in [2.45, 2.75) is 43.5 Å². The van der Waals surface area contributed by atoms with Crippen molar-refractivity contribution in [3.05, 3.63) is 53.6 Å². The van der Waals surface area contributed by atoms with Gasteiger partial charge >= 0.3 is 0 Å². The van der Waals surface area contributed by atoms with Gasteiger partial charge in [0.25, 0.3) is 0 Å². The zero-order chi connectivity index (χ0) is 21.8. The number of carbonyl (C=O) groups excluding carboxylic acids is 1. The largest absolute Gasteiger partial charge is 0.508 e. The van der Waals surface area contributed by atoms with Crippen molar-refractivity contribution < 1.29 is 44.9 Å². The number of carbonyl (C=O) groups is 1. The van der Waals surface area contributed by atoms with E-state index < -0.39 is 37.3 Å². The van der Waals surface area contributed by atoms with E-state index in [0.717, 1.165) is 5.56 Å². The van der Waals surface area contributed by atoms with E-state index >= 15 is 0 Å². The molecule has 2 aromatic carbocycles. The number of benzene rings is 2. The summed E-state index contributed by atoms with van der Waals surface area (Å²) in [5.41, 5.74) is 0.972. The second-order valence-corrected chi connectivity index (χ2v) is 7.09. The van der Waals surface area contributed by atoms with E-state index in [0.29, 0.717) is 6.42 Å². The molecule has 1 heterocycles. The molecule has 9 heteroatoms. The highest BCUT2D eigenvalue weighted by molar-refractivity contribution is 5.99. The molecule has 0 amide bonds. The molecule has 1 saturated heterocycles. The minimum absolute atomic E-state index is 0.0740. The lowest BCUT2D eigenvalue weighted by atomic mass is 9.99. The van der Waals surface area contributed by atoms with Gasteiger partial charge in [0.2, 0.25) is 6.29 Å². The Balaban J connectivity index is 1.76. The van der Waals surface area contributed by atoms with Crippen molar-refractivity contribution in [1.82, 2.24) is 0 Å². The standard InChI is InChI=1S/C21H24O9/c22-10-17-18(26)19(27)20(28)21(30-17)29-16-9-13(24)6-7-14(16)15(25)8-3-11-1-4-12(23)5-2-11/h1-2,4-7,9,17-24,26-28H,3,8,10H2/t17-,18+,19-,20+,21+/m0/s1. The van der Waals surface area contributed by atoms with Gasteiger partial charge in [-0.1, -0.05) is 12.1 Å². The Morgan fingerprint density at radius 2 is 1.60 bits per heavy atom. The van der Waals surface area contributed by atoms with Crippen LogP contribution in [0.4, 0.5) is 0 Å². The molecule has 9 nitrogen and oxygen atoms in total. The van der Waals surface area contributed by atoms with Crippen molar-refractivity contribution in [3.8, 4) is 17.2 Å². The SMILES string of the molecule is O=C(CCc1ccc(O)cc1)c1ccc(O)cc1O[C@@H]1O[C@@H](CO)[C@@H](O)[C@H](O)[C@H]1O. The zero-order valence-corrected chi connectivity index (χ0v) is 16.0. The number of aliphatic hydroxyl groups excluding tert-OH is 4. The fraction of sp³-hybridized carbons (Fsp3) is 0.381. The van der Waals surface area contributed by atoms with Crippen LogP contribution in [-0.2, 0) is 11.2 Å². The first-order chi connectivity index (χ1) is 14.3. The van der Waals surface area contributed by atoms with Crippen LogP contribution < -0.4 is 4.74 Å². The average molecular weight is 420 g/mol. The number of Topliss-reactive ketones (excluding diaryl/α,β-unsaturated/α-hetero) is 1. The van der Waals surface area contributed by atoms with Gasteiger partial charge in [0, 0.05) is 12.5 Å². The second-order valence-electron chi connectivity index (χ2n) is 7.09. The molecular weight excluding hydrogens is 396 g/mol. The number of ether oxygens (including phenoxy) is 2. The maximum atomic E-state index is 12.7. The number of ketones is 1. The van der Waals surface area contributed by atoms with Crippen LogP contribution in [0.15, 0.2) is 42.5 Å². The fourth-order valence-electron chi connectivity index (χ4n) is 3.18. The Labute approximate surface area is 172 Å². The monoisotopic (exact) mass is 420 g/mol. The summed E-state index contributed by atoms with van der Waals surface area (Å²) in [6.45, 7) is -0.622. The van der Waals surface area contributed by atoms with Crippen molar-refractivity contribution in [2.24, 2.45) is 0 Å². The third kappa shape index (κ3) is 4.89. The topological polar surface area (TPSA) is 157 Å². The highest BCUT2D eigenvalue weighted by atomic mass is 16.7. The Hall–Kier alpha value is -2.69. The van der Waals surface area contributed by atoms with Gasteiger partial charge in [0.15, 0.2) is 5.78 Å². The molecule has 162 valence electrons. The van der Waals surface area contributed by atoms with Gasteiger partial charge in [-0.15, -0.1) is 0 Å². The Bertz CT molecular complexity index is 865. The molecule has 1 aliphatic rings. The van der Waals surface area contributed by atoms with E-state index in [1.165, 1.54) is 30.3 Å². The minimum atomic E-state index is -1.65. The smallest absolute Gasteiger partial charge is 0.229 e. The predicted octanol–water partition coefficient (Wildman–Crippen LogP) is 0.0920. The number of rotatable bonds is 7. The lowest BCUT2D eigenvalue weighted by Gasteiger charge is -2.39. The average Bonchev–Trinajstić information content (AvgIpc) is 2.73. The molecule has 0 bridgehead atoms. The van der Waals surface area contributed by atoms with Gasteiger partial charge in [-0.05, 0) is 36.2 Å². The highest BCUT2D eigenvalue weighted by Crippen LogP contribution is 2.30. The molecule has 1 fully saturated rings. The van der Waals surface area contributed by atoms with Gasteiger partial charge in [0.1, 0.15) is 41.7 Å². The molecule has 0 aliphatic carbocycles. The highest BCUT2D eigenvalue weighted by Gasteiger charge is 2.45. The summed E-state index contributed by atoms with van der Waals surface area (Å²) in [5, 5.41) is 58.3. The lowest BCUT2D eigenvalue weighted by Crippen LogP contribution is -2.60. The van der Waals surface area contributed by atoms with Crippen molar-refractivity contribution >= 4 is 5.78 Å². The Kier molecular flexibility index (Phi) is 6.91. The molecule has 5 atom stereocenters. The molecule has 2 aromatic rings. The summed E-state index contributed by atoms with van der Waals surface area (Å²) in [4.78, 5) is 12.7. The molecule has 1 aliphatic heterocycles. The van der Waals surface area contributed by atoms with E-state index in [1.54, 1.807) is 12.1 Å². The number of phenols is 2. The Morgan fingerprint density at radius 3 is 2.27 bits per heavy atom. The number of hydrogen-bond acceptors (Lipinski definition) is 9. The van der Waals surface area contributed by atoms with Gasteiger partial charge in [-0.3, -0.25) is 4.79 Å². The zero-order valence-electron chi connectivity index (χ0n) is 16.0. The first-order valence-electron chi connectivity index (χ1n) is 9.41. The molecule has 30 heavy (non-hydrogen) atoms. The number of aromatic hydroxyl groups is 2. The first kappa shape index (κ1) is 22.0. The first-order valence-corrected chi connectivity index (χ1v) is 9.41. The number of hydrogen-bond donors (Lipinski definition) is 6. The normalized spacial score (nSPS) is 26.3. The minimum Gasteiger partial charge on any atom is -0.508 e. The van der Waals surface area contributed by atoms with Gasteiger partial charge in [-0.25, -0.2) is 0 Å². The number of aryl methyl sites for hydroxylation is 1. The summed E-state index contributed by atoms with van der Waals surface area (Å²) in [7, 11) is 0. The lowest BCUT2D eigenvalue weighted by molar-refractivity contribution is -0.277. The van der Waals surface area contributed by atoms with Crippen LogP contribution in [0.25, 0.3) is 0 Å². The van der Waals surface area contributed by atoms with Crippen LogP contribution in [0.5, 0.6) is 17.2 Å². The van der Waals surface area contributed by atoms with E-state index in [-0.39, 0.29) is 35.0 Å². The Morgan fingerprint density at radius 1 is 0.933 bits per heavy atom. The molecule has 0 aromatic heterocycles. The number of phenolic OH excluding ortho intramolecular Hbond substituents is 2. The van der Waals surface area contributed by atoms with Crippen LogP contribution in [0.1, 0.15) is 22.3 Å². The van der Waals surface area contributed by atoms with Gasteiger partial charge < -0.3 is 40.1 Å². The third-order valence-corrected chi connectivity index (χ3v) is 4.93. The maximum absolute atomic E-state index is 12.7. The fourth-order valence-corrected chi connectivity index (χ4v) is 3.18. The number of aliphatic hydroxyl groups is 4. The van der Waals surface area contributed by atoms with Gasteiger partial charge in [-0.2, -0.15) is 0 Å². The van der Waals surface area contributed by atoms with Crippen LogP contribution in [0.2, 0.25) is 0 Å². The molecule has 0 radical (unpaired) electrons.